The van der Waals surface area contributed by atoms with Gasteiger partial charge in [0.1, 0.15) is 5.75 Å². The number of hydrogen-bond donors (Lipinski definition) is 2. The summed E-state index contributed by atoms with van der Waals surface area (Å²) in [5.41, 5.74) is 5.83. The van der Waals surface area contributed by atoms with Crippen molar-refractivity contribution in [1.82, 2.24) is 4.98 Å². The molecule has 0 saturated heterocycles. The number of methoxy groups -OCH3 is 1. The van der Waals surface area contributed by atoms with E-state index in [2.05, 4.69) is 42.2 Å². The maximum absolute atomic E-state index is 13.6. The highest BCUT2D eigenvalue weighted by atomic mass is 79.9. The lowest BCUT2D eigenvalue weighted by Crippen LogP contribution is -2.03. The van der Waals surface area contributed by atoms with Crippen molar-refractivity contribution < 1.29 is 13.5 Å². The Kier molecular flexibility index (Phi) is 4.44. The topological polar surface area (TPSA) is 60.2 Å². The van der Waals surface area contributed by atoms with Gasteiger partial charge in [0.2, 0.25) is 0 Å². The van der Waals surface area contributed by atoms with E-state index in [1.165, 1.54) is 7.11 Å². The minimum Gasteiger partial charge on any atom is -0.495 e. The van der Waals surface area contributed by atoms with Crippen LogP contribution in [-0.2, 0) is 0 Å². The van der Waals surface area contributed by atoms with Gasteiger partial charge in [0.05, 0.1) is 17.3 Å². The third-order valence-corrected chi connectivity index (χ3v) is 3.73. The molecule has 2 rings (SSSR count). The van der Waals surface area contributed by atoms with Crippen LogP contribution in [-0.4, -0.2) is 12.1 Å². The molecule has 0 bridgehead atoms. The number of aromatic nitrogens is 1. The average Bonchev–Trinajstić information content (AvgIpc) is 2.38. The zero-order valence-electron chi connectivity index (χ0n) is 10.2. The summed E-state index contributed by atoms with van der Waals surface area (Å²) in [5.74, 6) is -1.75. The molecule has 0 spiro atoms. The Bertz CT molecular complexity index is 668. The fraction of sp³-hybridized carbons (Fsp3) is 0.0833. The lowest BCUT2D eigenvalue weighted by atomic mass is 10.3. The van der Waals surface area contributed by atoms with E-state index in [1.807, 2.05) is 0 Å². The molecule has 3 N–H and O–H groups in total. The minimum absolute atomic E-state index is 0.172. The smallest absolute Gasteiger partial charge is 0.169 e. The molecule has 1 aromatic heterocycles. The van der Waals surface area contributed by atoms with Crippen LogP contribution in [0.15, 0.2) is 27.1 Å². The van der Waals surface area contributed by atoms with Crippen LogP contribution in [0.1, 0.15) is 0 Å². The highest BCUT2D eigenvalue weighted by Gasteiger charge is 2.13. The van der Waals surface area contributed by atoms with Crippen LogP contribution in [0, 0.1) is 11.6 Å². The molecule has 1 aromatic carbocycles. The van der Waals surface area contributed by atoms with Crippen molar-refractivity contribution in [1.29, 1.82) is 0 Å². The Morgan fingerprint density at radius 3 is 2.50 bits per heavy atom. The molecular weight excluding hydrogens is 400 g/mol. The SMILES string of the molecule is COc1cc(Nc2nc(N)c(F)cc2F)c(Br)cc1Br. The molecule has 1 heterocycles. The van der Waals surface area contributed by atoms with Crippen LogP contribution < -0.4 is 15.8 Å². The van der Waals surface area contributed by atoms with Crippen LogP contribution in [0.5, 0.6) is 5.75 Å². The fourth-order valence-corrected chi connectivity index (χ4v) is 2.73. The van der Waals surface area contributed by atoms with Crippen molar-refractivity contribution in [2.24, 2.45) is 0 Å². The summed E-state index contributed by atoms with van der Waals surface area (Å²) in [4.78, 5) is 3.63. The standard InChI is InChI=1S/C12H9Br2F2N3O/c1-20-10-4-9(5(13)2-6(10)14)18-12-8(16)3-7(15)11(17)19-12/h2-4H,1H3,(H3,17,18,19). The molecule has 0 radical (unpaired) electrons. The third-order valence-electron chi connectivity index (χ3n) is 2.45. The molecule has 4 nitrogen and oxygen atoms in total. The van der Waals surface area contributed by atoms with Crippen molar-refractivity contribution >= 4 is 49.2 Å². The number of halogens is 4. The van der Waals surface area contributed by atoms with Gasteiger partial charge in [0.15, 0.2) is 23.3 Å². The number of pyridine rings is 1. The van der Waals surface area contributed by atoms with Crippen molar-refractivity contribution in [3.05, 3.63) is 38.8 Å². The Morgan fingerprint density at radius 2 is 1.85 bits per heavy atom. The molecule has 8 heteroatoms. The predicted octanol–water partition coefficient (Wildman–Crippen LogP) is 4.22. The predicted molar refractivity (Wildman–Crippen MR) is 80.2 cm³/mol. The van der Waals surface area contributed by atoms with E-state index >= 15 is 0 Å². The molecule has 0 fully saturated rings. The van der Waals surface area contributed by atoms with Gasteiger partial charge < -0.3 is 15.8 Å². The first-order valence-electron chi connectivity index (χ1n) is 5.34. The molecule has 2 aromatic rings. The lowest BCUT2D eigenvalue weighted by Gasteiger charge is -2.12. The van der Waals surface area contributed by atoms with Gasteiger partial charge in [0, 0.05) is 16.6 Å². The molecule has 0 aliphatic heterocycles. The first-order valence-corrected chi connectivity index (χ1v) is 6.92. The highest BCUT2D eigenvalue weighted by Crippen LogP contribution is 2.36. The number of hydrogen-bond acceptors (Lipinski definition) is 4. The molecule has 0 unspecified atom stereocenters. The molecule has 20 heavy (non-hydrogen) atoms. The van der Waals surface area contributed by atoms with Crippen LogP contribution >= 0.6 is 31.9 Å². The maximum atomic E-state index is 13.6. The second-order valence-electron chi connectivity index (χ2n) is 3.78. The Hall–Kier alpha value is -1.41. The second kappa shape index (κ2) is 5.92. The largest absolute Gasteiger partial charge is 0.495 e. The zero-order chi connectivity index (χ0) is 14.9. The highest BCUT2D eigenvalue weighted by molar-refractivity contribution is 9.11. The number of nitrogen functional groups attached to an aromatic ring is 1. The van der Waals surface area contributed by atoms with Gasteiger partial charge in [-0.05, 0) is 37.9 Å². The van der Waals surface area contributed by atoms with Gasteiger partial charge >= 0.3 is 0 Å². The normalized spacial score (nSPS) is 10.4. The molecule has 106 valence electrons. The summed E-state index contributed by atoms with van der Waals surface area (Å²) < 4.78 is 33.2. The molecule has 0 saturated carbocycles. The van der Waals surface area contributed by atoms with Crippen LogP contribution in [0.4, 0.5) is 26.1 Å². The quantitative estimate of drug-likeness (QED) is 0.798. The van der Waals surface area contributed by atoms with Gasteiger partial charge in [-0.15, -0.1) is 0 Å². The van der Waals surface area contributed by atoms with Crippen LogP contribution in [0.25, 0.3) is 0 Å². The summed E-state index contributed by atoms with van der Waals surface area (Å²) in [7, 11) is 1.51. The van der Waals surface area contributed by atoms with E-state index in [-0.39, 0.29) is 11.6 Å². The Morgan fingerprint density at radius 1 is 1.15 bits per heavy atom. The van der Waals surface area contributed by atoms with Gasteiger partial charge in [-0.2, -0.15) is 0 Å². The monoisotopic (exact) mass is 407 g/mol. The Labute approximate surface area is 130 Å². The fourth-order valence-electron chi connectivity index (χ4n) is 1.48. The number of rotatable bonds is 3. The van der Waals surface area contributed by atoms with E-state index < -0.39 is 11.6 Å². The van der Waals surface area contributed by atoms with Crippen LogP contribution in [0.3, 0.4) is 0 Å². The number of nitrogens with two attached hydrogens (primary N) is 1. The lowest BCUT2D eigenvalue weighted by molar-refractivity contribution is 0.412. The summed E-state index contributed by atoms with van der Waals surface area (Å²) >= 11 is 6.64. The van der Waals surface area contributed by atoms with Crippen molar-refractivity contribution in [3.8, 4) is 5.75 Å². The summed E-state index contributed by atoms with van der Waals surface area (Å²) in [6.07, 6.45) is 0. The zero-order valence-corrected chi connectivity index (χ0v) is 13.3. The molecule has 0 aliphatic carbocycles. The van der Waals surface area contributed by atoms with Gasteiger partial charge in [0.25, 0.3) is 0 Å². The minimum atomic E-state index is -0.902. The summed E-state index contributed by atoms with van der Waals surface area (Å²) in [6.45, 7) is 0. The van der Waals surface area contributed by atoms with E-state index in [0.29, 0.717) is 22.0 Å². The van der Waals surface area contributed by atoms with Gasteiger partial charge in [-0.1, -0.05) is 0 Å². The maximum Gasteiger partial charge on any atom is 0.169 e. The van der Waals surface area contributed by atoms with Crippen molar-refractivity contribution in [2.45, 2.75) is 0 Å². The van der Waals surface area contributed by atoms with E-state index in [0.717, 1.165) is 4.47 Å². The van der Waals surface area contributed by atoms with Crippen molar-refractivity contribution in [2.75, 3.05) is 18.2 Å². The second-order valence-corrected chi connectivity index (χ2v) is 5.49. The summed E-state index contributed by atoms with van der Waals surface area (Å²) in [6, 6.07) is 4.04. The average molecular weight is 409 g/mol. The summed E-state index contributed by atoms with van der Waals surface area (Å²) in [5, 5.41) is 2.73. The van der Waals surface area contributed by atoms with Gasteiger partial charge in [-0.3, -0.25) is 0 Å². The Balaban J connectivity index is 2.42. The molecule has 0 aliphatic rings. The number of nitrogens with one attached hydrogen (secondary N) is 1. The first-order chi connectivity index (χ1) is 9.42. The molecule has 0 amide bonds. The number of anilines is 3. The number of benzene rings is 1. The van der Waals surface area contributed by atoms with Crippen LogP contribution in [0.2, 0.25) is 0 Å². The number of ether oxygens (including phenoxy) is 1. The third kappa shape index (κ3) is 3.01. The number of nitrogens with zero attached hydrogens (tertiary/aromatic N) is 1. The molecule has 0 atom stereocenters. The van der Waals surface area contributed by atoms with E-state index in [4.69, 9.17) is 10.5 Å². The van der Waals surface area contributed by atoms with Gasteiger partial charge in [-0.25, -0.2) is 13.8 Å². The molecular formula is C12H9Br2F2N3O. The van der Waals surface area contributed by atoms with E-state index in [9.17, 15) is 8.78 Å². The first kappa shape index (κ1) is 15.0. The van der Waals surface area contributed by atoms with E-state index in [1.54, 1.807) is 12.1 Å². The van der Waals surface area contributed by atoms with Crippen molar-refractivity contribution in [3.63, 3.8) is 0 Å².